The third-order valence-electron chi connectivity index (χ3n) is 1.39. The fraction of sp³-hybridized carbons (Fsp3) is 0.500. The van der Waals surface area contributed by atoms with Crippen LogP contribution in [0.1, 0.15) is 32.6 Å². The Hall–Kier alpha value is -0.520. The zero-order valence-corrected chi connectivity index (χ0v) is 6.84. The molecule has 0 rings (SSSR count). The second-order valence-electron chi connectivity index (χ2n) is 2.32. The first-order chi connectivity index (χ1) is 4.91. The third kappa shape index (κ3) is 7.48. The topological polar surface area (TPSA) is 0 Å². The van der Waals surface area contributed by atoms with E-state index in [9.17, 15) is 0 Å². The highest BCUT2D eigenvalue weighted by Gasteiger charge is 1.81. The summed E-state index contributed by atoms with van der Waals surface area (Å²) in [5.41, 5.74) is 0. The molecule has 0 unspecified atom stereocenters. The van der Waals surface area contributed by atoms with E-state index >= 15 is 0 Å². The molecule has 1 radical (unpaired) electrons. The first-order valence-corrected chi connectivity index (χ1v) is 3.97. The lowest BCUT2D eigenvalue weighted by Gasteiger charge is -1.90. The smallest absolute Gasteiger partial charge is 0.0316 e. The summed E-state index contributed by atoms with van der Waals surface area (Å²) in [5, 5.41) is 0. The second kappa shape index (κ2) is 8.48. The number of rotatable bonds is 5. The molecule has 10 heavy (non-hydrogen) atoms. The lowest BCUT2D eigenvalue weighted by Crippen LogP contribution is -1.71. The molecule has 57 valence electrons. The first kappa shape index (κ1) is 9.48. The summed E-state index contributed by atoms with van der Waals surface area (Å²) in [7, 11) is 0. The van der Waals surface area contributed by atoms with Crippen LogP contribution in [-0.4, -0.2) is 0 Å². The van der Waals surface area contributed by atoms with Gasteiger partial charge in [0.25, 0.3) is 0 Å². The molecule has 0 aliphatic rings. The highest BCUT2D eigenvalue weighted by molar-refractivity contribution is 4.84. The van der Waals surface area contributed by atoms with Crippen molar-refractivity contribution in [2.45, 2.75) is 32.6 Å². The summed E-state index contributed by atoms with van der Waals surface area (Å²) in [5.74, 6) is 0. The molecule has 0 amide bonds. The van der Waals surface area contributed by atoms with Gasteiger partial charge in [-0.3, -0.25) is 0 Å². The minimum absolute atomic E-state index is 1.18. The van der Waals surface area contributed by atoms with E-state index in [1.54, 1.807) is 0 Å². The van der Waals surface area contributed by atoms with Crippen molar-refractivity contribution in [3.63, 3.8) is 0 Å². The Bertz CT molecular complexity index is 84.6. The normalized spacial score (nSPS) is 11.8. The number of hydrogen-bond donors (Lipinski definition) is 0. The van der Waals surface area contributed by atoms with Crippen molar-refractivity contribution in [1.82, 2.24) is 0 Å². The van der Waals surface area contributed by atoms with Gasteiger partial charge in [0.05, 0.1) is 0 Å². The molecule has 0 saturated carbocycles. The van der Waals surface area contributed by atoms with Gasteiger partial charge >= 0.3 is 0 Å². The molecule has 0 aliphatic heterocycles. The Morgan fingerprint density at radius 3 is 2.20 bits per heavy atom. The largest absolute Gasteiger partial charge is 0.0917 e. The monoisotopic (exact) mass is 137 g/mol. The number of hydrogen-bond acceptors (Lipinski definition) is 0. The van der Waals surface area contributed by atoms with E-state index in [4.69, 9.17) is 0 Å². The van der Waals surface area contributed by atoms with Crippen LogP contribution in [0.15, 0.2) is 24.3 Å². The fourth-order valence-electron chi connectivity index (χ4n) is 0.809. The Morgan fingerprint density at radius 1 is 1.10 bits per heavy atom. The molecule has 0 N–H and O–H groups in total. The van der Waals surface area contributed by atoms with Crippen LogP contribution < -0.4 is 0 Å². The van der Waals surface area contributed by atoms with Crippen molar-refractivity contribution < 1.29 is 0 Å². The van der Waals surface area contributed by atoms with Crippen molar-refractivity contribution >= 4 is 0 Å². The van der Waals surface area contributed by atoms with Crippen LogP contribution in [0.2, 0.25) is 0 Å². The van der Waals surface area contributed by atoms with Crippen LogP contribution in [0.4, 0.5) is 0 Å². The molecule has 0 saturated heterocycles. The molecule has 0 aromatic carbocycles. The SMILES string of the molecule is [CH2]C=CCCCCC=CC. The zero-order valence-electron chi connectivity index (χ0n) is 6.84. The average Bonchev–Trinajstić information content (AvgIpc) is 1.97. The summed E-state index contributed by atoms with van der Waals surface area (Å²) < 4.78 is 0. The number of allylic oxidation sites excluding steroid dienone is 4. The molecule has 0 heteroatoms. The van der Waals surface area contributed by atoms with Gasteiger partial charge in [0, 0.05) is 0 Å². The van der Waals surface area contributed by atoms with Crippen molar-refractivity contribution in [3.05, 3.63) is 31.2 Å². The van der Waals surface area contributed by atoms with Crippen molar-refractivity contribution in [1.29, 1.82) is 0 Å². The van der Waals surface area contributed by atoms with Crippen LogP contribution in [0.25, 0.3) is 0 Å². The van der Waals surface area contributed by atoms with E-state index in [1.165, 1.54) is 25.7 Å². The number of unbranched alkanes of at least 4 members (excludes halogenated alkanes) is 3. The molecule has 0 aromatic heterocycles. The van der Waals surface area contributed by atoms with Gasteiger partial charge in [0.1, 0.15) is 0 Å². The lowest BCUT2D eigenvalue weighted by molar-refractivity contribution is 0.762. The van der Waals surface area contributed by atoms with Gasteiger partial charge in [0.15, 0.2) is 0 Å². The Morgan fingerprint density at radius 2 is 1.70 bits per heavy atom. The zero-order chi connectivity index (χ0) is 7.66. The Kier molecular flexibility index (Phi) is 8.04. The van der Waals surface area contributed by atoms with Gasteiger partial charge in [-0.1, -0.05) is 24.3 Å². The summed E-state index contributed by atoms with van der Waals surface area (Å²) in [6, 6.07) is 0. The summed E-state index contributed by atoms with van der Waals surface area (Å²) in [6.07, 6.45) is 13.3. The van der Waals surface area contributed by atoms with E-state index < -0.39 is 0 Å². The Balaban J connectivity index is 2.90. The molecule has 0 fully saturated rings. The predicted octanol–water partition coefficient (Wildman–Crippen LogP) is 3.51. The van der Waals surface area contributed by atoms with Gasteiger partial charge < -0.3 is 0 Å². The maximum absolute atomic E-state index is 3.63. The first-order valence-electron chi connectivity index (χ1n) is 3.97. The second-order valence-corrected chi connectivity index (χ2v) is 2.32. The third-order valence-corrected chi connectivity index (χ3v) is 1.39. The van der Waals surface area contributed by atoms with Crippen molar-refractivity contribution in [2.24, 2.45) is 0 Å². The predicted molar refractivity (Wildman–Crippen MR) is 47.8 cm³/mol. The minimum atomic E-state index is 1.18. The molecule has 0 spiro atoms. The van der Waals surface area contributed by atoms with Crippen LogP contribution in [0.3, 0.4) is 0 Å². The summed E-state index contributed by atoms with van der Waals surface area (Å²) >= 11 is 0. The fourth-order valence-corrected chi connectivity index (χ4v) is 0.809. The molecule has 0 bridgehead atoms. The van der Waals surface area contributed by atoms with Crippen LogP contribution in [-0.2, 0) is 0 Å². The molecule has 0 aromatic rings. The Labute approximate surface area is 64.6 Å². The lowest BCUT2D eigenvalue weighted by atomic mass is 10.2. The quantitative estimate of drug-likeness (QED) is 0.402. The summed E-state index contributed by atoms with van der Waals surface area (Å²) in [6.45, 7) is 5.69. The van der Waals surface area contributed by atoms with Gasteiger partial charge in [-0.2, -0.15) is 0 Å². The standard InChI is InChI=1S/C10H17/c1-3-5-7-9-10-8-6-4-2/h3-6H,1,7-10H2,2H3. The summed E-state index contributed by atoms with van der Waals surface area (Å²) in [4.78, 5) is 0. The van der Waals surface area contributed by atoms with Gasteiger partial charge in [0.2, 0.25) is 0 Å². The maximum atomic E-state index is 3.63. The van der Waals surface area contributed by atoms with E-state index in [-0.39, 0.29) is 0 Å². The van der Waals surface area contributed by atoms with Gasteiger partial charge in [-0.15, -0.1) is 0 Å². The molecule has 0 atom stereocenters. The van der Waals surface area contributed by atoms with E-state index in [1.807, 2.05) is 6.08 Å². The molecule has 0 nitrogen and oxygen atoms in total. The van der Waals surface area contributed by atoms with E-state index in [0.717, 1.165) is 0 Å². The highest BCUT2D eigenvalue weighted by atomic mass is 13.9. The van der Waals surface area contributed by atoms with E-state index in [2.05, 4.69) is 32.1 Å². The molecular formula is C10H17. The molecule has 0 aliphatic carbocycles. The van der Waals surface area contributed by atoms with Crippen LogP contribution >= 0.6 is 0 Å². The molecular weight excluding hydrogens is 120 g/mol. The van der Waals surface area contributed by atoms with Crippen LogP contribution in [0, 0.1) is 6.92 Å². The van der Waals surface area contributed by atoms with Crippen LogP contribution in [0.5, 0.6) is 0 Å². The maximum Gasteiger partial charge on any atom is -0.0316 e. The van der Waals surface area contributed by atoms with Gasteiger partial charge in [-0.05, 0) is 39.5 Å². The van der Waals surface area contributed by atoms with E-state index in [0.29, 0.717) is 0 Å². The van der Waals surface area contributed by atoms with Gasteiger partial charge in [-0.25, -0.2) is 0 Å². The highest BCUT2D eigenvalue weighted by Crippen LogP contribution is 2.00. The molecule has 0 heterocycles. The van der Waals surface area contributed by atoms with Crippen molar-refractivity contribution in [2.75, 3.05) is 0 Å². The minimum Gasteiger partial charge on any atom is -0.0917 e. The van der Waals surface area contributed by atoms with Crippen molar-refractivity contribution in [3.8, 4) is 0 Å². The average molecular weight is 137 g/mol.